The van der Waals surface area contributed by atoms with Gasteiger partial charge in [0.25, 0.3) is 0 Å². The van der Waals surface area contributed by atoms with Crippen LogP contribution in [0.5, 0.6) is 0 Å². The Kier molecular flexibility index (Phi) is 7.89. The van der Waals surface area contributed by atoms with E-state index < -0.39 is 52.5 Å². The second-order valence-electron chi connectivity index (χ2n) is 7.98. The zero-order valence-corrected chi connectivity index (χ0v) is 25.9. The third-order valence-electron chi connectivity index (χ3n) is 5.65. The monoisotopic (exact) mass is 812 g/mol. The summed E-state index contributed by atoms with van der Waals surface area (Å²) >= 11 is 12.1. The van der Waals surface area contributed by atoms with Crippen molar-refractivity contribution in [2.24, 2.45) is 0 Å². The molecule has 0 saturated carbocycles. The number of alkyl halides is 6. The number of fused-ring (bicyclic) bond motifs is 3. The van der Waals surface area contributed by atoms with Crippen molar-refractivity contribution in [1.82, 2.24) is 0 Å². The van der Waals surface area contributed by atoms with Gasteiger partial charge in [0.1, 0.15) is 0 Å². The highest BCUT2D eigenvalue weighted by Gasteiger charge is 2.58. The number of hydrogen-bond acceptors (Lipinski definition) is 9. The highest BCUT2D eigenvalue weighted by atomic mass is 79.9. The summed E-state index contributed by atoms with van der Waals surface area (Å²) in [5.41, 5.74) is -1.00. The van der Waals surface area contributed by atoms with Gasteiger partial charge in [-0.05, 0) is 54.7 Å². The summed E-state index contributed by atoms with van der Waals surface area (Å²) in [6, 6.07) is 0. The van der Waals surface area contributed by atoms with Crippen LogP contribution in [0.25, 0.3) is 0 Å². The van der Waals surface area contributed by atoms with Crippen molar-refractivity contribution in [3.8, 4) is 0 Å². The minimum atomic E-state index is -3.90. The molecule has 0 N–H and O–H groups in total. The molecule has 3 aromatic heterocycles. The third kappa shape index (κ3) is 4.45. The lowest BCUT2D eigenvalue weighted by Crippen LogP contribution is -2.30. The fourth-order valence-electron chi connectivity index (χ4n) is 3.68. The lowest BCUT2D eigenvalue weighted by molar-refractivity contribution is 0.0185. The number of hydrogen-bond donors (Lipinski definition) is 0. The van der Waals surface area contributed by atoms with Gasteiger partial charge >= 0.3 is 17.8 Å². The number of carbonyl (C=O) groups excluding carboxylic acids is 6. The second kappa shape index (κ2) is 10.1. The Morgan fingerprint density at radius 2 is 0.875 bits per heavy atom. The number of thiophene rings is 3. The van der Waals surface area contributed by atoms with Gasteiger partial charge in [-0.3, -0.25) is 28.8 Å². The molecule has 0 fully saturated rings. The molecule has 0 aliphatic heterocycles. The van der Waals surface area contributed by atoms with E-state index in [0.29, 0.717) is 4.88 Å². The molecule has 0 atom stereocenters. The van der Waals surface area contributed by atoms with Gasteiger partial charge in [0.2, 0.25) is 34.7 Å². The summed E-state index contributed by atoms with van der Waals surface area (Å²) in [6.45, 7) is 1.55. The van der Waals surface area contributed by atoms with Crippen molar-refractivity contribution >= 4 is 116 Å². The van der Waals surface area contributed by atoms with E-state index in [1.165, 1.54) is 10.8 Å². The van der Waals surface area contributed by atoms with Crippen LogP contribution < -0.4 is 0 Å². The highest BCUT2D eigenvalue weighted by molar-refractivity contribution is 9.12. The predicted molar refractivity (Wildman–Crippen MR) is 142 cm³/mol. The van der Waals surface area contributed by atoms with Gasteiger partial charge in [-0.2, -0.15) is 26.3 Å². The van der Waals surface area contributed by atoms with Crippen molar-refractivity contribution in [2.75, 3.05) is 0 Å². The summed E-state index contributed by atoms with van der Waals surface area (Å²) in [6.07, 6.45) is 0. The van der Waals surface area contributed by atoms with Gasteiger partial charge in [0, 0.05) is 32.3 Å². The molecule has 18 heteroatoms. The molecule has 3 aromatic rings. The molecule has 0 bridgehead atoms. The number of Topliss-reactive ketones (excluding diaryl/α,β-unsaturated/α-hetero) is 6. The van der Waals surface area contributed by atoms with Crippen LogP contribution in [0.2, 0.25) is 0 Å². The molecule has 210 valence electrons. The molecule has 0 spiro atoms. The molecule has 6 rings (SSSR count). The molecule has 3 aliphatic rings. The van der Waals surface area contributed by atoms with Gasteiger partial charge in [0.05, 0.1) is 28.0 Å². The van der Waals surface area contributed by atoms with E-state index in [4.69, 9.17) is 0 Å². The Bertz CT molecular complexity index is 1580. The zero-order chi connectivity index (χ0) is 30.3. The summed E-state index contributed by atoms with van der Waals surface area (Å²) < 4.78 is 78.1. The first-order valence-electron chi connectivity index (χ1n) is 10.0. The molecule has 6 nitrogen and oxygen atoms in total. The first-order chi connectivity index (χ1) is 18.3. The van der Waals surface area contributed by atoms with E-state index in [2.05, 4.69) is 47.8 Å². The average molecular weight is 815 g/mol. The van der Waals surface area contributed by atoms with Crippen LogP contribution in [0.1, 0.15) is 67.0 Å². The maximum atomic E-state index is 13.0. The van der Waals surface area contributed by atoms with E-state index >= 15 is 0 Å². The fourth-order valence-corrected chi connectivity index (χ4v) is 9.09. The standard InChI is InChI=1S/C8H4F2O2S.C7Br2F2O2S.C7HBrF2O2S/c1-3-5-4(2-13-3)6(11)8(9,10)7(5)12;8-5-1-2(6(9)14-5)4(13)7(10,11)3(1)12;8-6-3-2(1-13-6)4(11)7(9,10)5(3)12/h2H,1H3;;1H. The van der Waals surface area contributed by atoms with Crippen LogP contribution in [0.3, 0.4) is 0 Å². The number of ketones is 6. The quantitative estimate of drug-likeness (QED) is 0.169. The molecular formula is C22H5Br3F6O6S3. The maximum absolute atomic E-state index is 13.0. The van der Waals surface area contributed by atoms with Crippen molar-refractivity contribution in [2.45, 2.75) is 24.7 Å². The largest absolute Gasteiger partial charge is 0.371 e. The smallest absolute Gasteiger partial charge is 0.287 e. The van der Waals surface area contributed by atoms with E-state index in [0.717, 1.165) is 34.0 Å². The Balaban J connectivity index is 0.000000139. The molecule has 3 heterocycles. The number of carbonyl (C=O) groups is 6. The van der Waals surface area contributed by atoms with E-state index in [9.17, 15) is 55.1 Å². The Hall–Kier alpha value is -1.86. The van der Waals surface area contributed by atoms with Gasteiger partial charge in [0.15, 0.2) is 0 Å². The van der Waals surface area contributed by atoms with Crippen molar-refractivity contribution in [3.05, 3.63) is 60.4 Å². The molecule has 0 radical (unpaired) electrons. The Morgan fingerprint density at radius 3 is 1.30 bits per heavy atom. The average Bonchev–Trinajstić information content (AvgIpc) is 3.63. The molecule has 0 saturated heterocycles. The van der Waals surface area contributed by atoms with Crippen LogP contribution in [-0.2, 0) is 0 Å². The van der Waals surface area contributed by atoms with E-state index in [-0.39, 0.29) is 44.7 Å². The van der Waals surface area contributed by atoms with Crippen LogP contribution in [-0.4, -0.2) is 52.5 Å². The number of halogens is 9. The van der Waals surface area contributed by atoms with E-state index in [1.807, 2.05) is 0 Å². The van der Waals surface area contributed by atoms with Crippen LogP contribution in [0.4, 0.5) is 26.3 Å². The second-order valence-corrected chi connectivity index (χ2v) is 14.9. The lowest BCUT2D eigenvalue weighted by Gasteiger charge is -2.03. The SMILES string of the molecule is Cc1scc2c1C(=O)C(F)(F)C2=O.O=C1c2c(Br)sc(Br)c2C(=O)C1(F)F.O=C1c2csc(Br)c2C(=O)C1(F)F. The molecule has 40 heavy (non-hydrogen) atoms. The van der Waals surface area contributed by atoms with Gasteiger partial charge in [-0.25, -0.2) is 0 Å². The highest BCUT2D eigenvalue weighted by Crippen LogP contribution is 2.46. The molecule has 0 unspecified atom stereocenters. The Morgan fingerprint density at radius 1 is 0.525 bits per heavy atom. The Labute approximate surface area is 255 Å². The minimum absolute atomic E-state index is 0.0972. The summed E-state index contributed by atoms with van der Waals surface area (Å²) in [5.74, 6) is -20.0. The lowest BCUT2D eigenvalue weighted by atomic mass is 10.2. The van der Waals surface area contributed by atoms with Gasteiger partial charge in [-0.1, -0.05) is 0 Å². The minimum Gasteiger partial charge on any atom is -0.287 e. The van der Waals surface area contributed by atoms with Crippen LogP contribution in [0, 0.1) is 6.92 Å². The van der Waals surface area contributed by atoms with Crippen LogP contribution >= 0.6 is 81.8 Å². The predicted octanol–water partition coefficient (Wildman–Crippen LogP) is 7.88. The zero-order valence-electron chi connectivity index (χ0n) is 18.7. The van der Waals surface area contributed by atoms with Crippen molar-refractivity contribution < 1.29 is 55.1 Å². The molecular weight excluding hydrogens is 810 g/mol. The number of rotatable bonds is 0. The maximum Gasteiger partial charge on any atom is 0.371 e. The van der Waals surface area contributed by atoms with Crippen molar-refractivity contribution in [3.63, 3.8) is 0 Å². The van der Waals surface area contributed by atoms with Gasteiger partial charge < -0.3 is 0 Å². The first-order valence-corrected chi connectivity index (χ1v) is 15.0. The molecule has 0 aromatic carbocycles. The van der Waals surface area contributed by atoms with Crippen molar-refractivity contribution in [1.29, 1.82) is 0 Å². The summed E-state index contributed by atoms with van der Waals surface area (Å²) in [5, 5.41) is 2.58. The number of aryl methyl sites for hydroxylation is 1. The summed E-state index contributed by atoms with van der Waals surface area (Å²) in [4.78, 5) is 66.8. The third-order valence-corrected chi connectivity index (χ3v) is 10.8. The topological polar surface area (TPSA) is 102 Å². The molecule has 0 amide bonds. The summed E-state index contributed by atoms with van der Waals surface area (Å²) in [7, 11) is 0. The van der Waals surface area contributed by atoms with E-state index in [1.54, 1.807) is 6.92 Å². The fraction of sp³-hybridized carbons (Fsp3) is 0.182. The normalized spacial score (nSPS) is 19.1. The van der Waals surface area contributed by atoms with Gasteiger partial charge in [-0.15, -0.1) is 34.0 Å². The van der Waals surface area contributed by atoms with Crippen LogP contribution in [0.15, 0.2) is 22.1 Å². The first kappa shape index (κ1) is 31.1. The molecule has 3 aliphatic carbocycles.